The number of anilines is 1. The van der Waals surface area contributed by atoms with Gasteiger partial charge >= 0.3 is 0 Å². The molecule has 0 spiro atoms. The molecule has 1 amide bonds. The zero-order valence-corrected chi connectivity index (χ0v) is 16.2. The molecule has 2 N–H and O–H groups in total. The summed E-state index contributed by atoms with van der Waals surface area (Å²) in [5, 5.41) is 2.77. The van der Waals surface area contributed by atoms with Crippen molar-refractivity contribution in [3.8, 4) is 0 Å². The van der Waals surface area contributed by atoms with Crippen molar-refractivity contribution in [2.75, 3.05) is 19.0 Å². The van der Waals surface area contributed by atoms with Crippen LogP contribution in [0, 0.1) is 13.8 Å². The van der Waals surface area contributed by atoms with E-state index in [-0.39, 0.29) is 23.5 Å². The van der Waals surface area contributed by atoms with Crippen molar-refractivity contribution in [3.63, 3.8) is 0 Å². The normalized spacial score (nSPS) is 12.6. The Kier molecular flexibility index (Phi) is 6.52. The average molecular weight is 376 g/mol. The molecule has 26 heavy (non-hydrogen) atoms. The van der Waals surface area contributed by atoms with Crippen LogP contribution in [0.15, 0.2) is 47.4 Å². The van der Waals surface area contributed by atoms with Crippen molar-refractivity contribution in [1.82, 2.24) is 4.72 Å². The first-order valence-corrected chi connectivity index (χ1v) is 9.71. The Morgan fingerprint density at radius 1 is 1.08 bits per heavy atom. The third-order valence-electron chi connectivity index (χ3n) is 3.96. The molecule has 2 aromatic carbocycles. The molecule has 1 atom stereocenters. The van der Waals surface area contributed by atoms with Crippen molar-refractivity contribution >= 4 is 21.6 Å². The molecule has 0 bridgehead atoms. The third-order valence-corrected chi connectivity index (χ3v) is 5.57. The van der Waals surface area contributed by atoms with Gasteiger partial charge in [-0.1, -0.05) is 6.07 Å². The molecule has 2 rings (SSSR count). The molecular formula is C19H24N2O4S. The van der Waals surface area contributed by atoms with Gasteiger partial charge < -0.3 is 10.1 Å². The molecule has 0 aliphatic heterocycles. The van der Waals surface area contributed by atoms with Gasteiger partial charge in [-0.25, -0.2) is 13.1 Å². The van der Waals surface area contributed by atoms with Crippen LogP contribution < -0.4 is 10.0 Å². The Morgan fingerprint density at radius 3 is 2.31 bits per heavy atom. The predicted molar refractivity (Wildman–Crippen MR) is 102 cm³/mol. The lowest BCUT2D eigenvalue weighted by molar-refractivity contribution is 0.102. The van der Waals surface area contributed by atoms with Gasteiger partial charge in [0, 0.05) is 24.4 Å². The number of ether oxygens (including phenoxy) is 1. The predicted octanol–water partition coefficient (Wildman–Crippen LogP) is 2.87. The van der Waals surface area contributed by atoms with Gasteiger partial charge in [0.15, 0.2) is 0 Å². The standard InChI is InChI=1S/C19H24N2O4S/c1-13-5-6-16(11-14(13)2)19(22)20-17-7-9-18(10-8-17)26(23,24)21-15(3)12-25-4/h5-11,15,21H,12H2,1-4H3,(H,20,22). The monoisotopic (exact) mass is 376 g/mol. The number of hydrogen-bond acceptors (Lipinski definition) is 4. The second-order valence-electron chi connectivity index (χ2n) is 6.26. The van der Waals surface area contributed by atoms with E-state index in [1.807, 2.05) is 26.0 Å². The van der Waals surface area contributed by atoms with Gasteiger partial charge in [-0.3, -0.25) is 4.79 Å². The molecule has 0 aliphatic carbocycles. The summed E-state index contributed by atoms with van der Waals surface area (Å²) in [6.45, 7) is 5.93. The van der Waals surface area contributed by atoms with E-state index in [9.17, 15) is 13.2 Å². The highest BCUT2D eigenvalue weighted by Gasteiger charge is 2.17. The Balaban J connectivity index is 2.09. The van der Waals surface area contributed by atoms with Crippen LogP contribution in [0.5, 0.6) is 0 Å². The lowest BCUT2D eigenvalue weighted by atomic mass is 10.1. The van der Waals surface area contributed by atoms with Crippen LogP contribution in [-0.2, 0) is 14.8 Å². The van der Waals surface area contributed by atoms with Crippen LogP contribution in [-0.4, -0.2) is 34.1 Å². The molecule has 0 aromatic heterocycles. The van der Waals surface area contributed by atoms with Gasteiger partial charge in [0.1, 0.15) is 0 Å². The molecule has 6 nitrogen and oxygen atoms in total. The first kappa shape index (κ1) is 20.1. The van der Waals surface area contributed by atoms with E-state index in [1.54, 1.807) is 25.1 Å². The van der Waals surface area contributed by atoms with Gasteiger partial charge in [-0.05, 0) is 68.3 Å². The summed E-state index contributed by atoms with van der Waals surface area (Å²) < 4.78 is 32.0. The molecule has 0 fully saturated rings. The summed E-state index contributed by atoms with van der Waals surface area (Å²) >= 11 is 0. The fraction of sp³-hybridized carbons (Fsp3) is 0.316. The van der Waals surface area contributed by atoms with Gasteiger partial charge in [0.2, 0.25) is 10.0 Å². The molecule has 0 saturated heterocycles. The minimum absolute atomic E-state index is 0.129. The van der Waals surface area contributed by atoms with Crippen LogP contribution in [0.25, 0.3) is 0 Å². The maximum absolute atomic E-state index is 12.3. The number of methoxy groups -OCH3 is 1. The third kappa shape index (κ3) is 5.14. The summed E-state index contributed by atoms with van der Waals surface area (Å²) in [7, 11) is -2.12. The summed E-state index contributed by atoms with van der Waals surface area (Å²) in [6, 6.07) is 11.2. The van der Waals surface area contributed by atoms with E-state index in [2.05, 4.69) is 10.0 Å². The maximum atomic E-state index is 12.3. The van der Waals surface area contributed by atoms with E-state index in [0.29, 0.717) is 11.3 Å². The molecule has 0 heterocycles. The quantitative estimate of drug-likeness (QED) is 0.778. The molecule has 140 valence electrons. The van der Waals surface area contributed by atoms with Crippen LogP contribution in [0.4, 0.5) is 5.69 Å². The largest absolute Gasteiger partial charge is 0.383 e. The number of carbonyl (C=O) groups is 1. The van der Waals surface area contributed by atoms with E-state index < -0.39 is 10.0 Å². The van der Waals surface area contributed by atoms with E-state index in [0.717, 1.165) is 11.1 Å². The fourth-order valence-corrected chi connectivity index (χ4v) is 3.65. The number of amides is 1. The number of nitrogens with one attached hydrogen (secondary N) is 2. The number of carbonyl (C=O) groups excluding carboxylic acids is 1. The second-order valence-corrected chi connectivity index (χ2v) is 7.97. The highest BCUT2D eigenvalue weighted by molar-refractivity contribution is 7.89. The number of sulfonamides is 1. The number of rotatable bonds is 7. The topological polar surface area (TPSA) is 84.5 Å². The number of hydrogen-bond donors (Lipinski definition) is 2. The van der Waals surface area contributed by atoms with Crippen molar-refractivity contribution in [1.29, 1.82) is 0 Å². The highest BCUT2D eigenvalue weighted by atomic mass is 32.2. The summed E-state index contributed by atoms with van der Waals surface area (Å²) in [4.78, 5) is 12.5. The molecular weight excluding hydrogens is 352 g/mol. The Hall–Kier alpha value is -2.22. The van der Waals surface area contributed by atoms with Crippen molar-refractivity contribution in [3.05, 3.63) is 59.2 Å². The Bertz CT molecular complexity index is 877. The van der Waals surface area contributed by atoms with E-state index >= 15 is 0 Å². The first-order valence-electron chi connectivity index (χ1n) is 8.23. The van der Waals surface area contributed by atoms with Gasteiger partial charge in [0.25, 0.3) is 5.91 Å². The minimum atomic E-state index is -3.63. The zero-order valence-electron chi connectivity index (χ0n) is 15.4. The molecule has 2 aromatic rings. The SMILES string of the molecule is COCC(C)NS(=O)(=O)c1ccc(NC(=O)c2ccc(C)c(C)c2)cc1. The lowest BCUT2D eigenvalue weighted by Gasteiger charge is -2.13. The second kappa shape index (κ2) is 8.44. The molecule has 0 saturated carbocycles. The van der Waals surface area contributed by atoms with Crippen molar-refractivity contribution in [2.24, 2.45) is 0 Å². The average Bonchev–Trinajstić information content (AvgIpc) is 2.57. The van der Waals surface area contributed by atoms with Crippen LogP contribution >= 0.6 is 0 Å². The summed E-state index contributed by atoms with van der Waals surface area (Å²) in [5.41, 5.74) is 3.23. The minimum Gasteiger partial charge on any atom is -0.383 e. The molecule has 7 heteroatoms. The van der Waals surface area contributed by atoms with Crippen molar-refractivity contribution < 1.29 is 17.9 Å². The number of aryl methyl sites for hydroxylation is 2. The van der Waals surface area contributed by atoms with Crippen molar-refractivity contribution in [2.45, 2.75) is 31.7 Å². The van der Waals surface area contributed by atoms with Gasteiger partial charge in [0.05, 0.1) is 11.5 Å². The highest BCUT2D eigenvalue weighted by Crippen LogP contribution is 2.16. The van der Waals surface area contributed by atoms with Gasteiger partial charge in [-0.2, -0.15) is 0 Å². The smallest absolute Gasteiger partial charge is 0.255 e. The van der Waals surface area contributed by atoms with Gasteiger partial charge in [-0.15, -0.1) is 0 Å². The molecule has 0 aliphatic rings. The van der Waals surface area contributed by atoms with Crippen LogP contribution in [0.3, 0.4) is 0 Å². The van der Waals surface area contributed by atoms with E-state index in [4.69, 9.17) is 4.74 Å². The molecule has 1 unspecified atom stereocenters. The zero-order chi connectivity index (χ0) is 19.3. The maximum Gasteiger partial charge on any atom is 0.255 e. The summed E-state index contributed by atoms with van der Waals surface area (Å²) in [5.74, 6) is -0.240. The lowest BCUT2D eigenvalue weighted by Crippen LogP contribution is -2.35. The van der Waals surface area contributed by atoms with Crippen LogP contribution in [0.2, 0.25) is 0 Å². The number of benzene rings is 2. The Morgan fingerprint density at radius 2 is 1.73 bits per heavy atom. The van der Waals surface area contributed by atoms with E-state index in [1.165, 1.54) is 19.2 Å². The molecule has 0 radical (unpaired) electrons. The Labute approximate surface area is 154 Å². The fourth-order valence-electron chi connectivity index (χ4n) is 2.42. The first-order chi connectivity index (χ1) is 12.2. The summed E-state index contributed by atoms with van der Waals surface area (Å²) in [6.07, 6.45) is 0. The van der Waals surface area contributed by atoms with Crippen LogP contribution in [0.1, 0.15) is 28.4 Å².